The summed E-state index contributed by atoms with van der Waals surface area (Å²) in [5.74, 6) is -5.17. The minimum Gasteiger partial charge on any atom is -0.423 e. The van der Waals surface area contributed by atoms with Gasteiger partial charge in [-0.2, -0.15) is 8.78 Å². The van der Waals surface area contributed by atoms with Crippen molar-refractivity contribution in [3.05, 3.63) is 58.9 Å². The van der Waals surface area contributed by atoms with Gasteiger partial charge >= 0.3 is 12.5 Å². The SMILES string of the molecule is CC1CCC(C2CCC(c3cc(F)c(OC(F)(F)c4ccc(OC(F)(F)F)c(F)c4)c(F)c3)CC2)CC1. The van der Waals surface area contributed by atoms with E-state index >= 15 is 0 Å². The van der Waals surface area contributed by atoms with Crippen molar-refractivity contribution in [3.8, 4) is 11.5 Å². The normalized spacial score (nSPS) is 25.1. The highest BCUT2D eigenvalue weighted by molar-refractivity contribution is 5.36. The Hall–Kier alpha value is -2.52. The van der Waals surface area contributed by atoms with Gasteiger partial charge in [0.2, 0.25) is 0 Å². The summed E-state index contributed by atoms with van der Waals surface area (Å²) in [6, 6.07) is 2.75. The summed E-state index contributed by atoms with van der Waals surface area (Å²) in [7, 11) is 0. The Morgan fingerprint density at radius 2 is 1.22 bits per heavy atom. The molecule has 0 radical (unpaired) electrons. The standard InChI is InChI=1S/C27H28F8O2/c1-15-2-4-16(5-3-15)17-6-8-18(9-7-17)19-12-22(29)25(23(30)13-19)37-26(31,32)20-10-11-24(21(28)14-20)36-27(33,34)35/h10-18H,2-9H2,1H3. The summed E-state index contributed by atoms with van der Waals surface area (Å²) in [6.45, 7) is 2.26. The second-order valence-electron chi connectivity index (χ2n) is 10.3. The topological polar surface area (TPSA) is 18.5 Å². The van der Waals surface area contributed by atoms with Gasteiger partial charge in [-0.1, -0.05) is 19.8 Å². The van der Waals surface area contributed by atoms with Gasteiger partial charge in [0.15, 0.2) is 29.0 Å². The van der Waals surface area contributed by atoms with Crippen LogP contribution in [0.4, 0.5) is 35.1 Å². The second-order valence-corrected chi connectivity index (χ2v) is 10.3. The van der Waals surface area contributed by atoms with E-state index in [0.717, 1.165) is 43.7 Å². The molecule has 0 atom stereocenters. The molecule has 0 N–H and O–H groups in total. The van der Waals surface area contributed by atoms with Gasteiger partial charge in [0.1, 0.15) is 0 Å². The highest BCUT2D eigenvalue weighted by Gasteiger charge is 2.39. The maximum absolute atomic E-state index is 14.7. The Kier molecular flexibility index (Phi) is 7.95. The highest BCUT2D eigenvalue weighted by Crippen LogP contribution is 2.45. The zero-order valence-corrected chi connectivity index (χ0v) is 20.2. The van der Waals surface area contributed by atoms with Crippen molar-refractivity contribution in [2.24, 2.45) is 17.8 Å². The van der Waals surface area contributed by atoms with Gasteiger partial charge in [-0.3, -0.25) is 0 Å². The Morgan fingerprint density at radius 3 is 1.73 bits per heavy atom. The van der Waals surface area contributed by atoms with Crippen LogP contribution in [0, 0.1) is 35.2 Å². The lowest BCUT2D eigenvalue weighted by atomic mass is 9.68. The van der Waals surface area contributed by atoms with Crippen LogP contribution in [0.15, 0.2) is 30.3 Å². The lowest BCUT2D eigenvalue weighted by Crippen LogP contribution is -2.25. The molecule has 2 aliphatic carbocycles. The predicted molar refractivity (Wildman–Crippen MR) is 120 cm³/mol. The van der Waals surface area contributed by atoms with Gasteiger partial charge in [0.25, 0.3) is 0 Å². The van der Waals surface area contributed by atoms with Crippen LogP contribution in [0.2, 0.25) is 0 Å². The van der Waals surface area contributed by atoms with Crippen molar-refractivity contribution in [2.75, 3.05) is 0 Å². The van der Waals surface area contributed by atoms with E-state index < -0.39 is 47.0 Å². The molecule has 2 fully saturated rings. The predicted octanol–water partition coefficient (Wildman–Crippen LogP) is 9.23. The molecule has 2 saturated carbocycles. The molecule has 0 amide bonds. The van der Waals surface area contributed by atoms with Crippen molar-refractivity contribution < 1.29 is 44.6 Å². The third-order valence-corrected chi connectivity index (χ3v) is 7.71. The first-order valence-electron chi connectivity index (χ1n) is 12.4. The Labute approximate surface area is 210 Å². The lowest BCUT2D eigenvalue weighted by molar-refractivity contribution is -0.275. The second kappa shape index (κ2) is 10.7. The van der Waals surface area contributed by atoms with Crippen LogP contribution >= 0.6 is 0 Å². The summed E-state index contributed by atoms with van der Waals surface area (Å²) >= 11 is 0. The van der Waals surface area contributed by atoms with E-state index in [0.29, 0.717) is 29.5 Å². The van der Waals surface area contributed by atoms with Crippen LogP contribution in [0.3, 0.4) is 0 Å². The largest absolute Gasteiger partial charge is 0.573 e. The third kappa shape index (κ3) is 6.68. The van der Waals surface area contributed by atoms with E-state index in [1.54, 1.807) is 0 Å². The van der Waals surface area contributed by atoms with Crippen LogP contribution in [0.1, 0.15) is 75.3 Å². The van der Waals surface area contributed by atoms with Crippen molar-refractivity contribution in [3.63, 3.8) is 0 Å². The van der Waals surface area contributed by atoms with Crippen LogP contribution in [-0.2, 0) is 6.11 Å². The average Bonchev–Trinajstić information content (AvgIpc) is 2.82. The molecule has 2 nitrogen and oxygen atoms in total. The summed E-state index contributed by atoms with van der Waals surface area (Å²) in [5.41, 5.74) is -0.876. The van der Waals surface area contributed by atoms with E-state index in [1.165, 1.54) is 25.7 Å². The fraction of sp³-hybridized carbons (Fsp3) is 0.556. The molecule has 0 saturated heterocycles. The molecule has 0 heterocycles. The van der Waals surface area contributed by atoms with Gasteiger partial charge in [0.05, 0.1) is 5.56 Å². The molecule has 0 aromatic heterocycles. The zero-order chi connectivity index (χ0) is 27.0. The van der Waals surface area contributed by atoms with Gasteiger partial charge in [-0.25, -0.2) is 13.2 Å². The molecule has 4 rings (SSSR count). The van der Waals surface area contributed by atoms with Crippen molar-refractivity contribution in [1.29, 1.82) is 0 Å². The molecule has 0 bridgehead atoms. The first-order chi connectivity index (χ1) is 17.3. The number of rotatable bonds is 6. The highest BCUT2D eigenvalue weighted by atomic mass is 19.4. The Morgan fingerprint density at radius 1 is 0.676 bits per heavy atom. The first kappa shape index (κ1) is 27.5. The van der Waals surface area contributed by atoms with Crippen molar-refractivity contribution >= 4 is 0 Å². The number of halogens is 8. The summed E-state index contributed by atoms with van der Waals surface area (Å²) < 4.78 is 117. The van der Waals surface area contributed by atoms with Crippen LogP contribution < -0.4 is 9.47 Å². The van der Waals surface area contributed by atoms with Gasteiger partial charge < -0.3 is 9.47 Å². The maximum Gasteiger partial charge on any atom is 0.573 e. The monoisotopic (exact) mass is 536 g/mol. The van der Waals surface area contributed by atoms with Crippen LogP contribution in [-0.4, -0.2) is 6.36 Å². The van der Waals surface area contributed by atoms with Gasteiger partial charge in [-0.05, 0) is 98.1 Å². The van der Waals surface area contributed by atoms with Gasteiger partial charge in [0, 0.05) is 0 Å². The minimum absolute atomic E-state index is 0.0523. The van der Waals surface area contributed by atoms with E-state index in [-0.39, 0.29) is 12.0 Å². The average molecular weight is 537 g/mol. The first-order valence-corrected chi connectivity index (χ1v) is 12.4. The fourth-order valence-corrected chi connectivity index (χ4v) is 5.67. The lowest BCUT2D eigenvalue weighted by Gasteiger charge is -2.37. The number of ether oxygens (including phenoxy) is 2. The molecule has 0 unspecified atom stereocenters. The molecule has 0 aliphatic heterocycles. The summed E-state index contributed by atoms with van der Waals surface area (Å²) in [6.07, 6.45) is -1.40. The van der Waals surface area contributed by atoms with Crippen LogP contribution in [0.25, 0.3) is 0 Å². The number of benzene rings is 2. The maximum atomic E-state index is 14.7. The summed E-state index contributed by atoms with van der Waals surface area (Å²) in [4.78, 5) is 0. The molecule has 2 aliphatic rings. The minimum atomic E-state index is -5.23. The van der Waals surface area contributed by atoms with E-state index in [2.05, 4.69) is 16.4 Å². The van der Waals surface area contributed by atoms with Crippen LogP contribution in [0.5, 0.6) is 11.5 Å². The summed E-state index contributed by atoms with van der Waals surface area (Å²) in [5, 5.41) is 0. The fourth-order valence-electron chi connectivity index (χ4n) is 5.67. The van der Waals surface area contributed by atoms with Gasteiger partial charge in [-0.15, -0.1) is 13.2 Å². The van der Waals surface area contributed by atoms with E-state index in [1.807, 2.05) is 0 Å². The van der Waals surface area contributed by atoms with E-state index in [4.69, 9.17) is 0 Å². The molecular weight excluding hydrogens is 508 g/mol. The Bertz CT molecular complexity index is 1060. The number of alkyl halides is 5. The molecule has 37 heavy (non-hydrogen) atoms. The number of hydrogen-bond acceptors (Lipinski definition) is 2. The van der Waals surface area contributed by atoms with Crippen molar-refractivity contribution in [2.45, 2.75) is 76.7 Å². The smallest absolute Gasteiger partial charge is 0.423 e. The number of hydrogen-bond donors (Lipinski definition) is 0. The van der Waals surface area contributed by atoms with E-state index in [9.17, 15) is 35.1 Å². The molecule has 0 spiro atoms. The quantitative estimate of drug-likeness (QED) is 0.343. The third-order valence-electron chi connectivity index (χ3n) is 7.71. The van der Waals surface area contributed by atoms with Crippen molar-refractivity contribution in [1.82, 2.24) is 0 Å². The molecule has 10 heteroatoms. The molecule has 204 valence electrons. The molecule has 2 aromatic carbocycles. The molecule has 2 aromatic rings. The molecular formula is C27H28F8O2. The zero-order valence-electron chi connectivity index (χ0n) is 20.2. The Balaban J connectivity index is 1.43.